The van der Waals surface area contributed by atoms with Crippen LogP contribution in [0.1, 0.15) is 5.82 Å². The van der Waals surface area contributed by atoms with Gasteiger partial charge >= 0.3 is 0 Å². The molecule has 2 aromatic rings. The van der Waals surface area contributed by atoms with Crippen molar-refractivity contribution >= 4 is 27.5 Å². The van der Waals surface area contributed by atoms with E-state index in [0.29, 0.717) is 18.3 Å². The highest BCUT2D eigenvalue weighted by Gasteiger charge is 2.22. The maximum Gasteiger partial charge on any atom is 0.246 e. The Morgan fingerprint density at radius 2 is 2.37 bits per heavy atom. The first-order valence-electron chi connectivity index (χ1n) is 5.70. The Hall–Kier alpha value is -1.73. The number of nitrogens with one attached hydrogen (secondary N) is 1. The van der Waals surface area contributed by atoms with Crippen LogP contribution >= 0.6 is 15.9 Å². The Morgan fingerprint density at radius 3 is 3.16 bits per heavy atom. The zero-order chi connectivity index (χ0) is 13.4. The van der Waals surface area contributed by atoms with E-state index in [1.165, 1.54) is 0 Å². The Labute approximate surface area is 117 Å². The maximum atomic E-state index is 11.8. The van der Waals surface area contributed by atoms with Crippen LogP contribution in [0, 0.1) is 0 Å². The van der Waals surface area contributed by atoms with Gasteiger partial charge in [-0.2, -0.15) is 5.10 Å². The quantitative estimate of drug-likeness (QED) is 0.915. The minimum absolute atomic E-state index is 0.115. The van der Waals surface area contributed by atoms with Crippen LogP contribution in [0.3, 0.4) is 0 Å². The Morgan fingerprint density at radius 1 is 1.53 bits per heavy atom. The molecule has 6 nitrogen and oxygen atoms in total. The van der Waals surface area contributed by atoms with Crippen LogP contribution in [0.25, 0.3) is 11.4 Å². The van der Waals surface area contributed by atoms with Gasteiger partial charge in [0.2, 0.25) is 5.91 Å². The number of anilines is 1. The van der Waals surface area contributed by atoms with Crippen LogP contribution < -0.4 is 5.32 Å². The van der Waals surface area contributed by atoms with Crippen LogP contribution in [0.4, 0.5) is 5.69 Å². The maximum absolute atomic E-state index is 11.8. The summed E-state index contributed by atoms with van der Waals surface area (Å²) in [6, 6.07) is 5.64. The summed E-state index contributed by atoms with van der Waals surface area (Å²) in [5.74, 6) is 1.12. The molecule has 98 valence electrons. The minimum Gasteiger partial charge on any atom is -0.377 e. The van der Waals surface area contributed by atoms with E-state index in [1.807, 2.05) is 18.2 Å². The third-order valence-corrected chi connectivity index (χ3v) is 3.27. The number of halogens is 1. The molecule has 1 amide bonds. The summed E-state index contributed by atoms with van der Waals surface area (Å²) in [7, 11) is 1.59. The zero-order valence-corrected chi connectivity index (χ0v) is 11.8. The minimum atomic E-state index is -0.115. The lowest BCUT2D eigenvalue weighted by Gasteiger charge is -2.05. The highest BCUT2D eigenvalue weighted by Crippen LogP contribution is 2.31. The van der Waals surface area contributed by atoms with E-state index >= 15 is 0 Å². The van der Waals surface area contributed by atoms with Crippen LogP contribution in [-0.2, 0) is 22.7 Å². The summed E-state index contributed by atoms with van der Waals surface area (Å²) in [5.41, 5.74) is 1.58. The molecule has 1 aliphatic heterocycles. The Balaban J connectivity index is 2.18. The monoisotopic (exact) mass is 322 g/mol. The van der Waals surface area contributed by atoms with Crippen molar-refractivity contribution in [3.63, 3.8) is 0 Å². The van der Waals surface area contributed by atoms with E-state index in [0.717, 1.165) is 15.7 Å². The first kappa shape index (κ1) is 12.3. The summed E-state index contributed by atoms with van der Waals surface area (Å²) in [4.78, 5) is 16.2. The summed E-state index contributed by atoms with van der Waals surface area (Å²) >= 11 is 3.43. The molecule has 0 radical (unpaired) electrons. The van der Waals surface area contributed by atoms with Gasteiger partial charge in [0.25, 0.3) is 0 Å². The van der Waals surface area contributed by atoms with Gasteiger partial charge in [0.1, 0.15) is 13.2 Å². The van der Waals surface area contributed by atoms with Crippen molar-refractivity contribution < 1.29 is 9.53 Å². The third-order valence-electron chi connectivity index (χ3n) is 2.78. The van der Waals surface area contributed by atoms with Crippen molar-refractivity contribution in [1.82, 2.24) is 14.8 Å². The van der Waals surface area contributed by atoms with Crippen molar-refractivity contribution in [3.8, 4) is 11.4 Å². The molecule has 0 saturated carbocycles. The second-order valence-electron chi connectivity index (χ2n) is 4.18. The predicted molar refractivity (Wildman–Crippen MR) is 72.5 cm³/mol. The third kappa shape index (κ3) is 2.26. The molecule has 1 N–H and O–H groups in total. The second-order valence-corrected chi connectivity index (χ2v) is 5.10. The normalized spacial score (nSPS) is 13.5. The van der Waals surface area contributed by atoms with Gasteiger partial charge in [-0.25, -0.2) is 9.67 Å². The molecular weight excluding hydrogens is 312 g/mol. The fraction of sp³-hybridized carbons (Fsp3) is 0.250. The zero-order valence-electron chi connectivity index (χ0n) is 10.2. The number of amides is 1. The van der Waals surface area contributed by atoms with Crippen molar-refractivity contribution in [2.75, 3.05) is 12.4 Å². The summed E-state index contributed by atoms with van der Waals surface area (Å²) in [6.45, 7) is 0.475. The number of hydrogen-bond acceptors (Lipinski definition) is 4. The Bertz CT molecular complexity index is 653. The number of benzene rings is 1. The van der Waals surface area contributed by atoms with Crippen molar-refractivity contribution in [2.24, 2.45) is 0 Å². The molecule has 0 spiro atoms. The fourth-order valence-corrected chi connectivity index (χ4v) is 2.39. The average Bonchev–Trinajstić information content (AvgIpc) is 2.69. The number of ether oxygens (including phenoxy) is 1. The number of carbonyl (C=O) groups is 1. The van der Waals surface area contributed by atoms with Gasteiger partial charge < -0.3 is 10.1 Å². The number of methoxy groups -OCH3 is 1. The number of fused-ring (bicyclic) bond motifs is 3. The summed E-state index contributed by atoms with van der Waals surface area (Å²) in [5, 5.41) is 7.13. The van der Waals surface area contributed by atoms with Gasteiger partial charge in [0.05, 0.1) is 5.69 Å². The first-order chi connectivity index (χ1) is 9.17. The van der Waals surface area contributed by atoms with Crippen LogP contribution in [0.2, 0.25) is 0 Å². The van der Waals surface area contributed by atoms with Gasteiger partial charge in [-0.3, -0.25) is 4.79 Å². The predicted octanol–water partition coefficient (Wildman–Crippen LogP) is 1.81. The molecule has 0 bridgehead atoms. The van der Waals surface area contributed by atoms with Crippen LogP contribution in [0.5, 0.6) is 0 Å². The van der Waals surface area contributed by atoms with Gasteiger partial charge in [-0.15, -0.1) is 0 Å². The standard InChI is InChI=1S/C12H11BrN4O2/c1-19-6-10-15-12-8-4-7(13)2-3-9(8)14-11(18)5-17(12)16-10/h2-4H,5-6H2,1H3,(H,14,18). The lowest BCUT2D eigenvalue weighted by molar-refractivity contribution is -0.116. The molecule has 19 heavy (non-hydrogen) atoms. The summed E-state index contributed by atoms with van der Waals surface area (Å²) in [6.07, 6.45) is 0. The van der Waals surface area contributed by atoms with Crippen LogP contribution in [-0.4, -0.2) is 27.8 Å². The number of carbonyl (C=O) groups excluding carboxylic acids is 1. The Kier molecular flexibility index (Phi) is 3.08. The molecule has 0 atom stereocenters. The molecule has 1 aromatic heterocycles. The number of nitrogens with zero attached hydrogens (tertiary/aromatic N) is 3. The number of rotatable bonds is 2. The smallest absolute Gasteiger partial charge is 0.246 e. The molecule has 0 saturated heterocycles. The SMILES string of the molecule is COCc1nc2n(n1)CC(=O)Nc1ccc(Br)cc1-2. The van der Waals surface area contributed by atoms with Crippen molar-refractivity contribution in [2.45, 2.75) is 13.2 Å². The van der Waals surface area contributed by atoms with E-state index in [1.54, 1.807) is 11.8 Å². The molecule has 1 aliphatic rings. The van der Waals surface area contributed by atoms with E-state index < -0.39 is 0 Å². The molecule has 0 aliphatic carbocycles. The van der Waals surface area contributed by atoms with Crippen molar-refractivity contribution in [1.29, 1.82) is 0 Å². The lowest BCUT2D eigenvalue weighted by atomic mass is 10.1. The molecule has 1 aromatic carbocycles. The molecular formula is C12H11BrN4O2. The van der Waals surface area contributed by atoms with Crippen molar-refractivity contribution in [3.05, 3.63) is 28.5 Å². The molecule has 0 fully saturated rings. The van der Waals surface area contributed by atoms with E-state index in [9.17, 15) is 4.79 Å². The van der Waals surface area contributed by atoms with E-state index in [-0.39, 0.29) is 12.5 Å². The average molecular weight is 323 g/mol. The number of aromatic nitrogens is 3. The van der Waals surface area contributed by atoms with E-state index in [2.05, 4.69) is 31.3 Å². The molecule has 3 rings (SSSR count). The van der Waals surface area contributed by atoms with Gasteiger partial charge in [-0.05, 0) is 18.2 Å². The number of hydrogen-bond donors (Lipinski definition) is 1. The van der Waals surface area contributed by atoms with E-state index in [4.69, 9.17) is 4.74 Å². The fourth-order valence-electron chi connectivity index (χ4n) is 2.03. The van der Waals surface area contributed by atoms with Gasteiger partial charge in [0.15, 0.2) is 11.6 Å². The summed E-state index contributed by atoms with van der Waals surface area (Å²) < 4.78 is 7.55. The van der Waals surface area contributed by atoms with Gasteiger partial charge in [0, 0.05) is 17.1 Å². The van der Waals surface area contributed by atoms with Gasteiger partial charge in [-0.1, -0.05) is 15.9 Å². The lowest BCUT2D eigenvalue weighted by Crippen LogP contribution is -2.17. The molecule has 0 unspecified atom stereocenters. The largest absolute Gasteiger partial charge is 0.377 e. The van der Waals surface area contributed by atoms with Crippen LogP contribution in [0.15, 0.2) is 22.7 Å². The molecule has 2 heterocycles. The second kappa shape index (κ2) is 4.75. The highest BCUT2D eigenvalue weighted by molar-refractivity contribution is 9.10. The topological polar surface area (TPSA) is 69.0 Å². The first-order valence-corrected chi connectivity index (χ1v) is 6.49. The molecule has 7 heteroatoms. The highest BCUT2D eigenvalue weighted by atomic mass is 79.9.